The SMILES string of the molecule is C=CCC(=O)Nc1cc(C(=O)O)ccc1O. The molecular formula is C11H11NO4. The molecule has 0 atom stereocenters. The summed E-state index contributed by atoms with van der Waals surface area (Å²) in [5, 5.41) is 20.5. The molecular weight excluding hydrogens is 210 g/mol. The van der Waals surface area contributed by atoms with Gasteiger partial charge in [-0.2, -0.15) is 0 Å². The highest BCUT2D eigenvalue weighted by Gasteiger charge is 2.09. The summed E-state index contributed by atoms with van der Waals surface area (Å²) in [6, 6.07) is 3.66. The van der Waals surface area contributed by atoms with Crippen molar-refractivity contribution in [3.05, 3.63) is 36.4 Å². The van der Waals surface area contributed by atoms with Crippen LogP contribution in [0.2, 0.25) is 0 Å². The van der Waals surface area contributed by atoms with E-state index in [1.54, 1.807) is 0 Å². The summed E-state index contributed by atoms with van der Waals surface area (Å²) in [4.78, 5) is 21.9. The predicted octanol–water partition coefficient (Wildman–Crippen LogP) is 1.60. The summed E-state index contributed by atoms with van der Waals surface area (Å²) in [5.74, 6) is -1.67. The highest BCUT2D eigenvalue weighted by Crippen LogP contribution is 2.24. The van der Waals surface area contributed by atoms with E-state index < -0.39 is 5.97 Å². The third-order valence-electron chi connectivity index (χ3n) is 1.85. The van der Waals surface area contributed by atoms with Crippen LogP contribution in [-0.2, 0) is 4.79 Å². The van der Waals surface area contributed by atoms with Gasteiger partial charge in [-0.25, -0.2) is 4.79 Å². The average Bonchev–Trinajstić information content (AvgIpc) is 2.21. The molecule has 0 radical (unpaired) electrons. The maximum atomic E-state index is 11.2. The van der Waals surface area contributed by atoms with Gasteiger partial charge < -0.3 is 15.5 Å². The molecule has 0 aliphatic carbocycles. The molecule has 16 heavy (non-hydrogen) atoms. The second-order valence-electron chi connectivity index (χ2n) is 3.08. The molecule has 5 heteroatoms. The van der Waals surface area contributed by atoms with Crippen LogP contribution in [0, 0.1) is 0 Å². The van der Waals surface area contributed by atoms with Crippen LogP contribution in [0.4, 0.5) is 5.69 Å². The molecule has 84 valence electrons. The maximum absolute atomic E-state index is 11.2. The van der Waals surface area contributed by atoms with Gasteiger partial charge in [-0.3, -0.25) is 4.79 Å². The fourth-order valence-electron chi connectivity index (χ4n) is 1.10. The molecule has 0 aliphatic rings. The van der Waals surface area contributed by atoms with Gasteiger partial charge in [0.15, 0.2) is 0 Å². The number of carboxylic acid groups (broad SMARTS) is 1. The smallest absolute Gasteiger partial charge is 0.335 e. The Hall–Kier alpha value is -2.30. The summed E-state index contributed by atoms with van der Waals surface area (Å²) in [7, 11) is 0. The molecule has 0 fully saturated rings. The van der Waals surface area contributed by atoms with Crippen molar-refractivity contribution in [1.29, 1.82) is 0 Å². The van der Waals surface area contributed by atoms with Crippen molar-refractivity contribution >= 4 is 17.6 Å². The van der Waals surface area contributed by atoms with Crippen LogP contribution in [0.5, 0.6) is 5.75 Å². The molecule has 0 saturated carbocycles. The normalized spacial score (nSPS) is 9.50. The highest BCUT2D eigenvalue weighted by molar-refractivity contribution is 5.95. The number of rotatable bonds is 4. The van der Waals surface area contributed by atoms with Crippen molar-refractivity contribution in [3.63, 3.8) is 0 Å². The van der Waals surface area contributed by atoms with Gasteiger partial charge in [-0.1, -0.05) is 6.08 Å². The van der Waals surface area contributed by atoms with E-state index in [1.165, 1.54) is 24.3 Å². The lowest BCUT2D eigenvalue weighted by Gasteiger charge is -2.06. The number of phenols is 1. The second-order valence-corrected chi connectivity index (χ2v) is 3.08. The van der Waals surface area contributed by atoms with Crippen molar-refractivity contribution in [1.82, 2.24) is 0 Å². The number of carbonyl (C=O) groups is 2. The van der Waals surface area contributed by atoms with E-state index in [-0.39, 0.29) is 29.3 Å². The standard InChI is InChI=1S/C11H11NO4/c1-2-3-10(14)12-8-6-7(11(15)16)4-5-9(8)13/h2,4-6,13H,1,3H2,(H,12,14)(H,15,16). The Morgan fingerprint density at radius 2 is 2.12 bits per heavy atom. The van der Waals surface area contributed by atoms with E-state index in [2.05, 4.69) is 11.9 Å². The van der Waals surface area contributed by atoms with E-state index in [4.69, 9.17) is 5.11 Å². The second kappa shape index (κ2) is 4.97. The van der Waals surface area contributed by atoms with Crippen LogP contribution in [0.1, 0.15) is 16.8 Å². The molecule has 1 rings (SSSR count). The zero-order valence-corrected chi connectivity index (χ0v) is 8.43. The number of carbonyl (C=O) groups excluding carboxylic acids is 1. The van der Waals surface area contributed by atoms with Crippen molar-refractivity contribution in [2.75, 3.05) is 5.32 Å². The molecule has 0 heterocycles. The van der Waals surface area contributed by atoms with Gasteiger partial charge in [0.05, 0.1) is 11.3 Å². The molecule has 5 nitrogen and oxygen atoms in total. The minimum atomic E-state index is -1.13. The lowest BCUT2D eigenvalue weighted by Crippen LogP contribution is -2.10. The molecule has 1 aromatic carbocycles. The first kappa shape index (κ1) is 11.8. The number of hydrogen-bond donors (Lipinski definition) is 3. The number of hydrogen-bond acceptors (Lipinski definition) is 3. The fourth-order valence-corrected chi connectivity index (χ4v) is 1.10. The van der Waals surface area contributed by atoms with Crippen LogP contribution in [0.3, 0.4) is 0 Å². The molecule has 0 aliphatic heterocycles. The van der Waals surface area contributed by atoms with Crippen molar-refractivity contribution in [2.45, 2.75) is 6.42 Å². The number of benzene rings is 1. The third-order valence-corrected chi connectivity index (χ3v) is 1.85. The van der Waals surface area contributed by atoms with E-state index >= 15 is 0 Å². The minimum absolute atomic E-state index is 0.00768. The number of aromatic carboxylic acids is 1. The summed E-state index contributed by atoms with van der Waals surface area (Å²) in [6.07, 6.45) is 1.50. The van der Waals surface area contributed by atoms with Crippen LogP contribution in [0.15, 0.2) is 30.9 Å². The largest absolute Gasteiger partial charge is 0.506 e. The number of amides is 1. The fraction of sp³-hybridized carbons (Fsp3) is 0.0909. The van der Waals surface area contributed by atoms with Gasteiger partial charge in [0.25, 0.3) is 0 Å². The summed E-state index contributed by atoms with van der Waals surface area (Å²) in [5.41, 5.74) is 0.0680. The van der Waals surface area contributed by atoms with Gasteiger partial charge >= 0.3 is 5.97 Å². The zero-order chi connectivity index (χ0) is 12.1. The Kier molecular flexibility index (Phi) is 3.66. The molecule has 0 bridgehead atoms. The molecule has 0 spiro atoms. The van der Waals surface area contributed by atoms with Crippen LogP contribution < -0.4 is 5.32 Å². The average molecular weight is 221 g/mol. The number of anilines is 1. The summed E-state index contributed by atoms with van der Waals surface area (Å²) < 4.78 is 0. The maximum Gasteiger partial charge on any atom is 0.335 e. The predicted molar refractivity (Wildman–Crippen MR) is 58.5 cm³/mol. The quantitative estimate of drug-likeness (QED) is 0.532. The Labute approximate surface area is 92.0 Å². The number of nitrogens with one attached hydrogen (secondary N) is 1. The summed E-state index contributed by atoms with van der Waals surface area (Å²) >= 11 is 0. The molecule has 1 amide bonds. The van der Waals surface area contributed by atoms with Crippen LogP contribution in [0.25, 0.3) is 0 Å². The lowest BCUT2D eigenvalue weighted by atomic mass is 10.2. The summed E-state index contributed by atoms with van der Waals surface area (Å²) in [6.45, 7) is 3.39. The molecule has 0 unspecified atom stereocenters. The van der Waals surface area contributed by atoms with Crippen LogP contribution in [-0.4, -0.2) is 22.1 Å². The first-order valence-corrected chi connectivity index (χ1v) is 4.51. The van der Waals surface area contributed by atoms with Gasteiger partial charge in [0.2, 0.25) is 5.91 Å². The number of phenolic OH excluding ortho intramolecular Hbond substituents is 1. The third kappa shape index (κ3) is 2.84. The van der Waals surface area contributed by atoms with E-state index in [1.807, 2.05) is 0 Å². The Balaban J connectivity index is 2.94. The van der Waals surface area contributed by atoms with Gasteiger partial charge in [0.1, 0.15) is 5.75 Å². The number of carboxylic acids is 1. The van der Waals surface area contributed by atoms with Crippen LogP contribution >= 0.6 is 0 Å². The number of aromatic hydroxyl groups is 1. The Morgan fingerprint density at radius 3 is 2.69 bits per heavy atom. The molecule has 0 saturated heterocycles. The topological polar surface area (TPSA) is 86.6 Å². The Morgan fingerprint density at radius 1 is 1.44 bits per heavy atom. The van der Waals surface area contributed by atoms with Crippen molar-refractivity contribution in [2.24, 2.45) is 0 Å². The lowest BCUT2D eigenvalue weighted by molar-refractivity contribution is -0.115. The van der Waals surface area contributed by atoms with E-state index in [9.17, 15) is 14.7 Å². The molecule has 1 aromatic rings. The monoisotopic (exact) mass is 221 g/mol. The van der Waals surface area contributed by atoms with Crippen molar-refractivity contribution < 1.29 is 19.8 Å². The van der Waals surface area contributed by atoms with E-state index in [0.29, 0.717) is 0 Å². The first-order valence-electron chi connectivity index (χ1n) is 4.51. The van der Waals surface area contributed by atoms with Gasteiger partial charge in [-0.05, 0) is 18.2 Å². The molecule has 3 N–H and O–H groups in total. The van der Waals surface area contributed by atoms with Crippen molar-refractivity contribution in [3.8, 4) is 5.75 Å². The van der Waals surface area contributed by atoms with Gasteiger partial charge in [-0.15, -0.1) is 6.58 Å². The molecule has 0 aromatic heterocycles. The Bertz CT molecular complexity index is 440. The zero-order valence-electron chi connectivity index (χ0n) is 8.43. The minimum Gasteiger partial charge on any atom is -0.506 e. The van der Waals surface area contributed by atoms with E-state index in [0.717, 1.165) is 0 Å². The highest BCUT2D eigenvalue weighted by atomic mass is 16.4. The van der Waals surface area contributed by atoms with Gasteiger partial charge in [0, 0.05) is 6.42 Å². The first-order chi connectivity index (χ1) is 7.54.